The number of halogens is 4. The van der Waals surface area contributed by atoms with Crippen LogP contribution in [0.5, 0.6) is 5.75 Å². The highest BCUT2D eigenvalue weighted by Gasteiger charge is 2.32. The minimum Gasteiger partial charge on any atom is -0.494 e. The molecule has 3 aromatic heterocycles. The lowest BCUT2D eigenvalue weighted by molar-refractivity contribution is -0.141. The van der Waals surface area contributed by atoms with Crippen molar-refractivity contribution in [1.82, 2.24) is 24.8 Å². The number of benzene rings is 1. The van der Waals surface area contributed by atoms with Gasteiger partial charge in [-0.05, 0) is 56.5 Å². The summed E-state index contributed by atoms with van der Waals surface area (Å²) in [6, 6.07) is 8.92. The van der Waals surface area contributed by atoms with Gasteiger partial charge in [-0.25, -0.2) is 4.98 Å². The highest BCUT2D eigenvalue weighted by molar-refractivity contribution is 7.13. The summed E-state index contributed by atoms with van der Waals surface area (Å²) in [5, 5.41) is 5.60. The van der Waals surface area contributed by atoms with E-state index < -0.39 is 17.4 Å². The van der Waals surface area contributed by atoms with Crippen molar-refractivity contribution in [3.8, 4) is 33.3 Å². The van der Waals surface area contributed by atoms with E-state index in [9.17, 15) is 22.8 Å². The van der Waals surface area contributed by atoms with Crippen molar-refractivity contribution in [3.05, 3.63) is 80.3 Å². The lowest BCUT2D eigenvalue weighted by Crippen LogP contribution is -2.51. The van der Waals surface area contributed by atoms with Gasteiger partial charge in [0, 0.05) is 54.6 Å². The number of amides is 1. The molecule has 1 amide bonds. The van der Waals surface area contributed by atoms with E-state index in [2.05, 4.69) is 15.3 Å². The van der Waals surface area contributed by atoms with E-state index in [1.54, 1.807) is 34.5 Å². The number of nitrogens with zero attached hydrogens (tertiary/aromatic N) is 4. The number of hydrogen-bond donors (Lipinski definition) is 1. The van der Waals surface area contributed by atoms with Crippen LogP contribution >= 0.6 is 22.9 Å². The fraction of sp³-hybridized carbons (Fsp3) is 0.375. The number of carbonyl (C=O) groups is 1. The highest BCUT2D eigenvalue weighted by atomic mass is 35.5. The molecule has 0 spiro atoms. The van der Waals surface area contributed by atoms with Crippen molar-refractivity contribution in [3.63, 3.8) is 0 Å². The molecule has 1 fully saturated rings. The van der Waals surface area contributed by atoms with E-state index in [0.717, 1.165) is 23.6 Å². The average molecular weight is 660 g/mol. The number of nitrogens with one attached hydrogen (secondary N) is 1. The predicted molar refractivity (Wildman–Crippen MR) is 169 cm³/mol. The van der Waals surface area contributed by atoms with Crippen LogP contribution in [0, 0.1) is 5.92 Å². The third-order valence-electron chi connectivity index (χ3n) is 7.34. The summed E-state index contributed by atoms with van der Waals surface area (Å²) in [7, 11) is 0. The maximum atomic E-state index is 14.5. The predicted octanol–water partition coefficient (Wildman–Crippen LogP) is 6.73. The SMILES string of the molecule is CCOc1ccc(Cl)c(-n2c(CC(C)C)c(C(=O)N3CCN[C@H](C)C3)cc(-c3nc(-c4ccc(C(F)(F)F)nc4)cs3)c2=O)c1. The van der Waals surface area contributed by atoms with E-state index >= 15 is 0 Å². The molecular weight excluding hydrogens is 627 g/mol. The standard InChI is InChI=1S/C32H33ClF3N5O3S/c1-5-44-21-7-8-24(33)27(13-21)41-26(12-18(2)3)22(30(42)40-11-10-37-19(4)16-40)14-23(31(41)43)29-39-25(17-45-29)20-6-9-28(38-15-20)32(34,35)36/h6-9,13-15,17-19,37H,5,10-12,16H2,1-4H3/t19-/m1/s1. The first-order valence-electron chi connectivity index (χ1n) is 14.6. The van der Waals surface area contributed by atoms with Gasteiger partial charge in [0.15, 0.2) is 0 Å². The van der Waals surface area contributed by atoms with Gasteiger partial charge < -0.3 is 15.0 Å². The molecule has 1 atom stereocenters. The van der Waals surface area contributed by atoms with Crippen molar-refractivity contribution in [2.24, 2.45) is 5.92 Å². The van der Waals surface area contributed by atoms with E-state index in [1.165, 1.54) is 10.6 Å². The average Bonchev–Trinajstić information content (AvgIpc) is 3.48. The maximum absolute atomic E-state index is 14.5. The van der Waals surface area contributed by atoms with Crippen LogP contribution in [-0.4, -0.2) is 57.6 Å². The van der Waals surface area contributed by atoms with Gasteiger partial charge in [-0.2, -0.15) is 13.2 Å². The molecule has 0 saturated carbocycles. The van der Waals surface area contributed by atoms with Gasteiger partial charge >= 0.3 is 6.18 Å². The van der Waals surface area contributed by atoms with Crippen molar-refractivity contribution < 1.29 is 22.7 Å². The monoisotopic (exact) mass is 659 g/mol. The quantitative estimate of drug-likeness (QED) is 0.226. The first kappa shape index (κ1) is 32.6. The van der Waals surface area contributed by atoms with Crippen LogP contribution in [0.2, 0.25) is 5.02 Å². The largest absolute Gasteiger partial charge is 0.494 e. The number of thiazole rings is 1. The first-order chi connectivity index (χ1) is 21.4. The van der Waals surface area contributed by atoms with Crippen LogP contribution in [-0.2, 0) is 12.6 Å². The van der Waals surface area contributed by atoms with Crippen LogP contribution in [0.15, 0.2) is 52.8 Å². The zero-order valence-corrected chi connectivity index (χ0v) is 26.8. The molecule has 1 N–H and O–H groups in total. The summed E-state index contributed by atoms with van der Waals surface area (Å²) in [5.74, 6) is 0.386. The molecule has 238 valence electrons. The fourth-order valence-corrected chi connectivity index (χ4v) is 6.32. The Morgan fingerprint density at radius 1 is 1.22 bits per heavy atom. The number of ether oxygens (including phenoxy) is 1. The second kappa shape index (κ2) is 13.3. The molecule has 1 saturated heterocycles. The van der Waals surface area contributed by atoms with Crippen LogP contribution in [0.4, 0.5) is 13.2 Å². The summed E-state index contributed by atoms with van der Waals surface area (Å²) < 4.78 is 46.4. The fourth-order valence-electron chi connectivity index (χ4n) is 5.28. The van der Waals surface area contributed by atoms with Crippen molar-refractivity contribution >= 4 is 28.8 Å². The van der Waals surface area contributed by atoms with Crippen molar-refractivity contribution in [2.75, 3.05) is 26.2 Å². The van der Waals surface area contributed by atoms with E-state index in [0.29, 0.717) is 76.6 Å². The molecular formula is C32H33ClF3N5O3S. The smallest absolute Gasteiger partial charge is 0.433 e. The van der Waals surface area contributed by atoms with Gasteiger partial charge in [0.25, 0.3) is 11.5 Å². The van der Waals surface area contributed by atoms with Gasteiger partial charge in [-0.3, -0.25) is 19.1 Å². The van der Waals surface area contributed by atoms with E-state index in [4.69, 9.17) is 16.3 Å². The van der Waals surface area contributed by atoms with Crippen LogP contribution in [0.25, 0.3) is 27.5 Å². The van der Waals surface area contributed by atoms with Crippen LogP contribution < -0.4 is 15.6 Å². The van der Waals surface area contributed by atoms with E-state index in [-0.39, 0.29) is 23.4 Å². The first-order valence-corrected chi connectivity index (χ1v) is 15.9. The number of alkyl halides is 3. The zero-order valence-electron chi connectivity index (χ0n) is 25.2. The summed E-state index contributed by atoms with van der Waals surface area (Å²) >= 11 is 7.87. The molecule has 0 radical (unpaired) electrons. The second-order valence-corrected chi connectivity index (χ2v) is 12.5. The molecule has 1 aliphatic heterocycles. The summed E-state index contributed by atoms with van der Waals surface area (Å²) in [4.78, 5) is 38.6. The Bertz CT molecular complexity index is 1750. The molecule has 1 aromatic carbocycles. The second-order valence-electron chi connectivity index (χ2n) is 11.3. The third-order valence-corrected chi connectivity index (χ3v) is 8.54. The zero-order chi connectivity index (χ0) is 32.5. The molecule has 4 aromatic rings. The molecule has 5 rings (SSSR count). The third kappa shape index (κ3) is 7.08. The molecule has 0 aliphatic carbocycles. The Labute approximate surface area is 267 Å². The Balaban J connectivity index is 1.72. The van der Waals surface area contributed by atoms with Crippen molar-refractivity contribution in [2.45, 2.75) is 46.3 Å². The van der Waals surface area contributed by atoms with Gasteiger partial charge in [0.1, 0.15) is 16.5 Å². The molecule has 0 bridgehead atoms. The molecule has 13 heteroatoms. The van der Waals surface area contributed by atoms with Gasteiger partial charge in [0.2, 0.25) is 0 Å². The van der Waals surface area contributed by atoms with Gasteiger partial charge in [-0.15, -0.1) is 11.3 Å². The number of hydrogen-bond acceptors (Lipinski definition) is 7. The number of pyridine rings is 2. The van der Waals surface area contributed by atoms with E-state index in [1.807, 2.05) is 27.7 Å². The molecule has 8 nitrogen and oxygen atoms in total. The number of aromatic nitrogens is 3. The Kier molecular flexibility index (Phi) is 9.66. The summed E-state index contributed by atoms with van der Waals surface area (Å²) in [6.45, 7) is 9.91. The van der Waals surface area contributed by atoms with Crippen LogP contribution in [0.1, 0.15) is 49.4 Å². The molecule has 4 heterocycles. The molecule has 0 unspecified atom stereocenters. The number of piperazine rings is 1. The normalized spacial score (nSPS) is 15.5. The van der Waals surface area contributed by atoms with Crippen molar-refractivity contribution in [1.29, 1.82) is 0 Å². The number of carbonyl (C=O) groups excluding carboxylic acids is 1. The lowest BCUT2D eigenvalue weighted by atomic mass is 9.99. The van der Waals surface area contributed by atoms with Gasteiger partial charge in [-0.1, -0.05) is 25.4 Å². The minimum absolute atomic E-state index is 0.0856. The highest BCUT2D eigenvalue weighted by Crippen LogP contribution is 2.34. The summed E-state index contributed by atoms with van der Waals surface area (Å²) in [5.41, 5.74) is 0.696. The Morgan fingerprint density at radius 3 is 2.64 bits per heavy atom. The Hall–Kier alpha value is -3.74. The molecule has 45 heavy (non-hydrogen) atoms. The topological polar surface area (TPSA) is 89.3 Å². The van der Waals surface area contributed by atoms with Gasteiger partial charge in [0.05, 0.1) is 34.1 Å². The molecule has 1 aliphatic rings. The number of rotatable bonds is 8. The Morgan fingerprint density at radius 2 is 2.00 bits per heavy atom. The maximum Gasteiger partial charge on any atom is 0.433 e. The lowest BCUT2D eigenvalue weighted by Gasteiger charge is -2.33. The van der Waals surface area contributed by atoms with Crippen LogP contribution in [0.3, 0.4) is 0 Å². The minimum atomic E-state index is -4.57. The summed E-state index contributed by atoms with van der Waals surface area (Å²) in [6.07, 6.45) is -3.06.